The number of para-hydroxylation sites is 1. The van der Waals surface area contributed by atoms with E-state index in [0.717, 1.165) is 10.4 Å². The molecule has 5 heteroatoms. The molecule has 4 nitrogen and oxygen atoms in total. The summed E-state index contributed by atoms with van der Waals surface area (Å²) in [5, 5.41) is 5.00. The third-order valence-electron chi connectivity index (χ3n) is 3.85. The minimum atomic E-state index is -0.172. The largest absolute Gasteiger partial charge is 0.282 e. The monoisotopic (exact) mass is 345 g/mol. The Labute approximate surface area is 148 Å². The van der Waals surface area contributed by atoms with Gasteiger partial charge in [-0.2, -0.15) is 9.78 Å². The summed E-state index contributed by atoms with van der Waals surface area (Å²) in [5.41, 5.74) is 1.35. The Morgan fingerprint density at radius 1 is 1.00 bits per heavy atom. The van der Waals surface area contributed by atoms with Gasteiger partial charge in [0, 0.05) is 15.3 Å². The Bertz CT molecular complexity index is 1130. The molecule has 2 aromatic carbocycles. The van der Waals surface area contributed by atoms with E-state index in [1.54, 1.807) is 23.6 Å². The lowest BCUT2D eigenvalue weighted by Crippen LogP contribution is -2.20. The van der Waals surface area contributed by atoms with E-state index in [1.165, 1.54) is 9.55 Å². The van der Waals surface area contributed by atoms with E-state index < -0.39 is 0 Å². The van der Waals surface area contributed by atoms with Crippen molar-refractivity contribution in [1.29, 1.82) is 0 Å². The first kappa shape index (κ1) is 15.5. The fraction of sp³-hybridized carbons (Fsp3) is 0.0500. The van der Waals surface area contributed by atoms with Crippen LogP contribution in [-0.2, 0) is 0 Å². The summed E-state index contributed by atoms with van der Waals surface area (Å²) in [4.78, 5) is 19.8. The topological polar surface area (TPSA) is 47.2 Å². The van der Waals surface area contributed by atoms with Crippen LogP contribution in [0.3, 0.4) is 0 Å². The zero-order valence-electron chi connectivity index (χ0n) is 13.6. The lowest BCUT2D eigenvalue weighted by molar-refractivity contribution is 0.830. The molecule has 4 aromatic rings. The van der Waals surface area contributed by atoms with Gasteiger partial charge in [0.1, 0.15) is 0 Å². The molecule has 0 radical (unpaired) electrons. The molecule has 2 aromatic heterocycles. The summed E-state index contributed by atoms with van der Waals surface area (Å²) in [7, 11) is 0. The highest BCUT2D eigenvalue weighted by Gasteiger charge is 2.11. The van der Waals surface area contributed by atoms with Gasteiger partial charge in [-0.25, -0.2) is 4.98 Å². The molecular weight excluding hydrogens is 330 g/mol. The normalized spacial score (nSPS) is 11.4. The highest BCUT2D eigenvalue weighted by atomic mass is 32.1. The van der Waals surface area contributed by atoms with Gasteiger partial charge in [-0.1, -0.05) is 42.5 Å². The number of hydrogen-bond donors (Lipinski definition) is 0. The van der Waals surface area contributed by atoms with Crippen LogP contribution in [0.2, 0.25) is 0 Å². The minimum absolute atomic E-state index is 0.172. The van der Waals surface area contributed by atoms with Crippen molar-refractivity contribution in [3.05, 3.63) is 86.8 Å². The fourth-order valence-electron chi connectivity index (χ4n) is 2.64. The summed E-state index contributed by atoms with van der Waals surface area (Å²) in [6.07, 6.45) is 1.71. The summed E-state index contributed by atoms with van der Waals surface area (Å²) in [6.45, 7) is 2.04. The Balaban J connectivity index is 1.95. The number of aryl methyl sites for hydroxylation is 1. The smallest absolute Gasteiger partial charge is 0.267 e. The lowest BCUT2D eigenvalue weighted by atomic mass is 10.2. The van der Waals surface area contributed by atoms with E-state index in [2.05, 4.69) is 10.1 Å². The number of rotatable bonds is 3. The van der Waals surface area contributed by atoms with Gasteiger partial charge >= 0.3 is 0 Å². The maximum atomic E-state index is 13.0. The van der Waals surface area contributed by atoms with Crippen LogP contribution in [0.5, 0.6) is 0 Å². The van der Waals surface area contributed by atoms with Gasteiger partial charge < -0.3 is 0 Å². The molecule has 0 unspecified atom stereocenters. The predicted octanol–water partition coefficient (Wildman–Crippen LogP) is 4.32. The van der Waals surface area contributed by atoms with Crippen LogP contribution in [0, 0.1) is 6.92 Å². The molecule has 0 atom stereocenters. The van der Waals surface area contributed by atoms with Crippen molar-refractivity contribution in [2.45, 2.75) is 6.92 Å². The molecule has 0 fully saturated rings. The van der Waals surface area contributed by atoms with E-state index in [1.807, 2.05) is 67.6 Å². The molecule has 0 spiro atoms. The van der Waals surface area contributed by atoms with Gasteiger partial charge in [-0.3, -0.25) is 4.79 Å². The number of thiophene rings is 1. The first-order chi connectivity index (χ1) is 12.2. The Kier molecular flexibility index (Phi) is 3.99. The maximum Gasteiger partial charge on any atom is 0.282 e. The van der Waals surface area contributed by atoms with E-state index in [4.69, 9.17) is 0 Å². The van der Waals surface area contributed by atoms with Gasteiger partial charge in [-0.15, -0.1) is 11.3 Å². The minimum Gasteiger partial charge on any atom is -0.267 e. The van der Waals surface area contributed by atoms with Crippen LogP contribution < -0.4 is 5.56 Å². The molecule has 0 bridgehead atoms. The molecule has 0 saturated heterocycles. The average molecular weight is 345 g/mol. The molecule has 0 aliphatic heterocycles. The van der Waals surface area contributed by atoms with Crippen LogP contribution in [0.25, 0.3) is 22.3 Å². The summed E-state index contributed by atoms with van der Waals surface area (Å²) >= 11 is 1.63. The molecule has 2 heterocycles. The third kappa shape index (κ3) is 3.02. The Hall–Kier alpha value is -3.05. The molecule has 122 valence electrons. The standard InChI is InChI=1S/C20H15N3OS/c1-14-11-12-16(25-14)13-21-23-19(15-7-3-2-4-8-15)22-18-10-6-5-9-17(18)20(23)24/h2-13H,1H3. The molecule has 0 amide bonds. The number of aromatic nitrogens is 2. The maximum absolute atomic E-state index is 13.0. The van der Waals surface area contributed by atoms with Crippen molar-refractivity contribution in [2.75, 3.05) is 0 Å². The first-order valence-corrected chi connectivity index (χ1v) is 8.72. The second kappa shape index (κ2) is 6.45. The van der Waals surface area contributed by atoms with Gasteiger partial charge in [0.05, 0.1) is 17.1 Å². The van der Waals surface area contributed by atoms with E-state index in [9.17, 15) is 4.79 Å². The lowest BCUT2D eigenvalue weighted by Gasteiger charge is -2.09. The van der Waals surface area contributed by atoms with Gasteiger partial charge in [0.15, 0.2) is 5.82 Å². The van der Waals surface area contributed by atoms with Crippen LogP contribution in [0.1, 0.15) is 9.75 Å². The molecule has 25 heavy (non-hydrogen) atoms. The molecular formula is C20H15N3OS. The van der Waals surface area contributed by atoms with Crippen LogP contribution in [-0.4, -0.2) is 15.9 Å². The van der Waals surface area contributed by atoms with Crippen LogP contribution in [0.4, 0.5) is 0 Å². The van der Waals surface area contributed by atoms with Crippen molar-refractivity contribution in [2.24, 2.45) is 5.10 Å². The summed E-state index contributed by atoms with van der Waals surface area (Å²) < 4.78 is 1.38. The number of hydrogen-bond acceptors (Lipinski definition) is 4. The van der Waals surface area contributed by atoms with E-state index in [0.29, 0.717) is 16.7 Å². The van der Waals surface area contributed by atoms with Crippen molar-refractivity contribution in [3.8, 4) is 11.4 Å². The van der Waals surface area contributed by atoms with Crippen molar-refractivity contribution >= 4 is 28.5 Å². The first-order valence-electron chi connectivity index (χ1n) is 7.90. The van der Waals surface area contributed by atoms with Gasteiger partial charge in [0.25, 0.3) is 5.56 Å². The molecule has 0 saturated carbocycles. The van der Waals surface area contributed by atoms with Gasteiger partial charge in [-0.05, 0) is 31.2 Å². The van der Waals surface area contributed by atoms with Crippen LogP contribution in [0.15, 0.2) is 76.6 Å². The zero-order chi connectivity index (χ0) is 17.2. The number of fused-ring (bicyclic) bond motifs is 1. The highest BCUT2D eigenvalue weighted by Crippen LogP contribution is 2.19. The molecule has 0 N–H and O–H groups in total. The Morgan fingerprint density at radius 2 is 1.76 bits per heavy atom. The van der Waals surface area contributed by atoms with E-state index in [-0.39, 0.29) is 5.56 Å². The Morgan fingerprint density at radius 3 is 2.52 bits per heavy atom. The second-order valence-corrected chi connectivity index (χ2v) is 6.95. The quantitative estimate of drug-likeness (QED) is 0.519. The number of nitrogens with zero attached hydrogens (tertiary/aromatic N) is 3. The molecule has 0 aliphatic rings. The third-order valence-corrected chi connectivity index (χ3v) is 4.78. The van der Waals surface area contributed by atoms with Crippen molar-refractivity contribution < 1.29 is 0 Å². The summed E-state index contributed by atoms with van der Waals surface area (Å²) in [5.74, 6) is 0.536. The zero-order valence-corrected chi connectivity index (χ0v) is 14.4. The van der Waals surface area contributed by atoms with Crippen LogP contribution >= 0.6 is 11.3 Å². The molecule has 4 rings (SSSR count). The van der Waals surface area contributed by atoms with Gasteiger partial charge in [0.2, 0.25) is 0 Å². The fourth-order valence-corrected chi connectivity index (χ4v) is 3.39. The second-order valence-electron chi connectivity index (χ2n) is 5.63. The molecule has 0 aliphatic carbocycles. The highest BCUT2D eigenvalue weighted by molar-refractivity contribution is 7.13. The average Bonchev–Trinajstić information content (AvgIpc) is 3.07. The number of benzene rings is 2. The van der Waals surface area contributed by atoms with E-state index >= 15 is 0 Å². The van der Waals surface area contributed by atoms with Crippen molar-refractivity contribution in [3.63, 3.8) is 0 Å². The predicted molar refractivity (Wildman–Crippen MR) is 103 cm³/mol. The van der Waals surface area contributed by atoms with Crippen molar-refractivity contribution in [1.82, 2.24) is 9.66 Å². The SMILES string of the molecule is Cc1ccc(C=Nn2c(-c3ccccc3)nc3ccccc3c2=O)s1. The summed E-state index contributed by atoms with van der Waals surface area (Å²) in [6, 6.07) is 21.0.